The normalized spacial score (nSPS) is 14.9. The van der Waals surface area contributed by atoms with Crippen molar-refractivity contribution < 1.29 is 4.74 Å². The zero-order chi connectivity index (χ0) is 10.1. The number of hydrogen-bond acceptors (Lipinski definition) is 2. The van der Waals surface area contributed by atoms with Crippen molar-refractivity contribution in [2.75, 3.05) is 20.3 Å². The lowest BCUT2D eigenvalue weighted by atomic mass is 9.98. The smallest absolute Gasteiger partial charge is 0.0587 e. The van der Waals surface area contributed by atoms with Crippen molar-refractivity contribution in [1.82, 2.24) is 5.32 Å². The summed E-state index contributed by atoms with van der Waals surface area (Å²) in [6.07, 6.45) is 7.18. The van der Waals surface area contributed by atoms with E-state index in [2.05, 4.69) is 25.1 Å². The summed E-state index contributed by atoms with van der Waals surface area (Å²) < 4.78 is 4.96. The van der Waals surface area contributed by atoms with Crippen LogP contribution in [0.15, 0.2) is 0 Å². The van der Waals surface area contributed by atoms with E-state index in [1.807, 2.05) is 0 Å². The van der Waals surface area contributed by atoms with E-state index in [4.69, 9.17) is 11.2 Å². The SMILES string of the molecule is C#CCCC(C)C(C)NCCOC. The number of ether oxygens (including phenoxy) is 1. The van der Waals surface area contributed by atoms with Gasteiger partial charge in [0.1, 0.15) is 0 Å². The van der Waals surface area contributed by atoms with Crippen LogP contribution in [0, 0.1) is 18.3 Å². The Balaban J connectivity index is 3.45. The maximum absolute atomic E-state index is 5.21. The minimum absolute atomic E-state index is 0.517. The van der Waals surface area contributed by atoms with Crippen LogP contribution in [0.25, 0.3) is 0 Å². The van der Waals surface area contributed by atoms with E-state index < -0.39 is 0 Å². The molecule has 0 aromatic carbocycles. The minimum atomic E-state index is 0.517. The molecule has 2 unspecified atom stereocenters. The van der Waals surface area contributed by atoms with Crippen LogP contribution < -0.4 is 5.32 Å². The first kappa shape index (κ1) is 12.5. The largest absolute Gasteiger partial charge is 0.383 e. The first-order valence-electron chi connectivity index (χ1n) is 4.88. The highest BCUT2D eigenvalue weighted by Crippen LogP contribution is 2.09. The second kappa shape index (κ2) is 8.10. The third-order valence-corrected chi connectivity index (χ3v) is 2.37. The molecule has 0 bridgehead atoms. The Morgan fingerprint density at radius 2 is 2.15 bits per heavy atom. The van der Waals surface area contributed by atoms with Crippen molar-refractivity contribution >= 4 is 0 Å². The number of nitrogens with one attached hydrogen (secondary N) is 1. The van der Waals surface area contributed by atoms with Gasteiger partial charge in [0, 0.05) is 26.1 Å². The summed E-state index contributed by atoms with van der Waals surface area (Å²) in [6, 6.07) is 0.517. The molecule has 0 saturated carbocycles. The standard InChI is InChI=1S/C11H21NO/c1-5-6-7-10(2)11(3)12-8-9-13-4/h1,10-12H,6-9H2,2-4H3. The molecule has 0 aliphatic rings. The van der Waals surface area contributed by atoms with E-state index in [0.29, 0.717) is 12.0 Å². The van der Waals surface area contributed by atoms with Gasteiger partial charge in [0.25, 0.3) is 0 Å². The summed E-state index contributed by atoms with van der Waals surface area (Å²) in [5, 5.41) is 3.40. The second-order valence-electron chi connectivity index (χ2n) is 3.46. The minimum Gasteiger partial charge on any atom is -0.383 e. The van der Waals surface area contributed by atoms with E-state index in [1.165, 1.54) is 0 Å². The molecule has 0 heterocycles. The summed E-state index contributed by atoms with van der Waals surface area (Å²) in [4.78, 5) is 0. The Hall–Kier alpha value is -0.520. The van der Waals surface area contributed by atoms with Crippen molar-refractivity contribution in [2.45, 2.75) is 32.7 Å². The van der Waals surface area contributed by atoms with Gasteiger partial charge in [0.15, 0.2) is 0 Å². The van der Waals surface area contributed by atoms with Gasteiger partial charge in [-0.2, -0.15) is 0 Å². The van der Waals surface area contributed by atoms with Gasteiger partial charge in [-0.3, -0.25) is 0 Å². The molecule has 0 saturated heterocycles. The molecule has 13 heavy (non-hydrogen) atoms. The fourth-order valence-electron chi connectivity index (χ4n) is 1.15. The van der Waals surface area contributed by atoms with E-state index in [9.17, 15) is 0 Å². The Bertz CT molecular complexity index is 151. The van der Waals surface area contributed by atoms with E-state index in [-0.39, 0.29) is 0 Å². The van der Waals surface area contributed by atoms with Crippen LogP contribution in [0.5, 0.6) is 0 Å². The summed E-state index contributed by atoms with van der Waals surface area (Å²) >= 11 is 0. The number of hydrogen-bond donors (Lipinski definition) is 1. The van der Waals surface area contributed by atoms with Crippen LogP contribution in [-0.4, -0.2) is 26.3 Å². The fraction of sp³-hybridized carbons (Fsp3) is 0.818. The van der Waals surface area contributed by atoms with Crippen molar-refractivity contribution in [1.29, 1.82) is 0 Å². The van der Waals surface area contributed by atoms with Gasteiger partial charge < -0.3 is 10.1 Å². The van der Waals surface area contributed by atoms with Gasteiger partial charge in [-0.05, 0) is 19.3 Å². The Morgan fingerprint density at radius 3 is 2.69 bits per heavy atom. The number of terminal acetylenes is 1. The van der Waals surface area contributed by atoms with Crippen LogP contribution in [0.3, 0.4) is 0 Å². The Morgan fingerprint density at radius 1 is 1.46 bits per heavy atom. The molecule has 0 spiro atoms. The average molecular weight is 183 g/mol. The maximum Gasteiger partial charge on any atom is 0.0587 e. The lowest BCUT2D eigenvalue weighted by molar-refractivity contribution is 0.192. The topological polar surface area (TPSA) is 21.3 Å². The molecule has 0 aromatic rings. The van der Waals surface area contributed by atoms with Crippen LogP contribution >= 0.6 is 0 Å². The van der Waals surface area contributed by atoms with Crippen molar-refractivity contribution in [2.24, 2.45) is 5.92 Å². The zero-order valence-electron chi connectivity index (χ0n) is 8.97. The predicted octanol–water partition coefficient (Wildman–Crippen LogP) is 1.66. The molecule has 2 heteroatoms. The first-order chi connectivity index (χ1) is 6.22. The highest BCUT2D eigenvalue weighted by molar-refractivity contribution is 4.85. The quantitative estimate of drug-likeness (QED) is 0.479. The molecule has 0 radical (unpaired) electrons. The molecular weight excluding hydrogens is 162 g/mol. The molecule has 1 N–H and O–H groups in total. The zero-order valence-corrected chi connectivity index (χ0v) is 8.97. The predicted molar refractivity (Wildman–Crippen MR) is 56.6 cm³/mol. The fourth-order valence-corrected chi connectivity index (χ4v) is 1.15. The molecule has 0 aromatic heterocycles. The van der Waals surface area contributed by atoms with Crippen molar-refractivity contribution in [3.8, 4) is 12.3 Å². The molecule has 0 amide bonds. The summed E-state index contributed by atoms with van der Waals surface area (Å²) in [5.74, 6) is 3.30. The Kier molecular flexibility index (Phi) is 7.77. The molecule has 0 aliphatic carbocycles. The number of methoxy groups -OCH3 is 1. The summed E-state index contributed by atoms with van der Waals surface area (Å²) in [7, 11) is 1.72. The molecular formula is C11H21NO. The number of rotatable bonds is 7. The average Bonchev–Trinajstić information content (AvgIpc) is 2.14. The third kappa shape index (κ3) is 6.62. The van der Waals surface area contributed by atoms with Gasteiger partial charge >= 0.3 is 0 Å². The Labute approximate surface area is 82.1 Å². The molecule has 0 rings (SSSR count). The van der Waals surface area contributed by atoms with E-state index in [0.717, 1.165) is 26.0 Å². The van der Waals surface area contributed by atoms with Crippen LogP contribution in [0.2, 0.25) is 0 Å². The second-order valence-corrected chi connectivity index (χ2v) is 3.46. The highest BCUT2D eigenvalue weighted by atomic mass is 16.5. The molecule has 0 fully saturated rings. The van der Waals surface area contributed by atoms with E-state index in [1.54, 1.807) is 7.11 Å². The van der Waals surface area contributed by atoms with Gasteiger partial charge in [-0.15, -0.1) is 12.3 Å². The highest BCUT2D eigenvalue weighted by Gasteiger charge is 2.09. The lowest BCUT2D eigenvalue weighted by Crippen LogP contribution is -2.34. The monoisotopic (exact) mass is 183 g/mol. The summed E-state index contributed by atoms with van der Waals surface area (Å²) in [5.41, 5.74) is 0. The van der Waals surface area contributed by atoms with Crippen molar-refractivity contribution in [3.63, 3.8) is 0 Å². The van der Waals surface area contributed by atoms with Crippen molar-refractivity contribution in [3.05, 3.63) is 0 Å². The van der Waals surface area contributed by atoms with Crippen LogP contribution in [0.4, 0.5) is 0 Å². The maximum atomic E-state index is 5.21. The first-order valence-corrected chi connectivity index (χ1v) is 4.88. The van der Waals surface area contributed by atoms with Gasteiger partial charge in [0.05, 0.1) is 6.61 Å². The van der Waals surface area contributed by atoms with E-state index >= 15 is 0 Å². The summed E-state index contributed by atoms with van der Waals surface area (Å²) in [6.45, 7) is 6.10. The van der Waals surface area contributed by atoms with Crippen LogP contribution in [0.1, 0.15) is 26.7 Å². The molecule has 2 atom stereocenters. The lowest BCUT2D eigenvalue weighted by Gasteiger charge is -2.20. The van der Waals surface area contributed by atoms with Gasteiger partial charge in [-0.25, -0.2) is 0 Å². The van der Waals surface area contributed by atoms with Gasteiger partial charge in [-0.1, -0.05) is 6.92 Å². The van der Waals surface area contributed by atoms with Gasteiger partial charge in [0.2, 0.25) is 0 Å². The molecule has 2 nitrogen and oxygen atoms in total. The third-order valence-electron chi connectivity index (χ3n) is 2.37. The molecule has 0 aliphatic heterocycles. The molecule has 76 valence electrons. The van der Waals surface area contributed by atoms with Crippen LogP contribution in [-0.2, 0) is 4.74 Å².